The molecule has 0 amide bonds. The van der Waals surface area contributed by atoms with Crippen LogP contribution < -0.4 is 0 Å². The van der Waals surface area contributed by atoms with Gasteiger partial charge in [0.1, 0.15) is 23.1 Å². The minimum atomic E-state index is -3.09. The largest absolute Gasteiger partial charge is 0.465 e. The third-order valence-electron chi connectivity index (χ3n) is 5.35. The summed E-state index contributed by atoms with van der Waals surface area (Å²) in [4.78, 5) is 34.9. The van der Waals surface area contributed by atoms with Crippen LogP contribution in [0.1, 0.15) is 47.7 Å². The number of alkyl halides is 1. The van der Waals surface area contributed by atoms with Gasteiger partial charge in [-0.3, -0.25) is 9.36 Å². The first-order chi connectivity index (χ1) is 14.6. The fraction of sp³-hybridized carbons (Fsp3) is 0.667. The van der Waals surface area contributed by atoms with Crippen molar-refractivity contribution in [1.82, 2.24) is 0 Å². The van der Waals surface area contributed by atoms with Crippen molar-refractivity contribution in [1.29, 1.82) is 0 Å². The number of aryl methyl sites for hydroxylation is 1. The highest BCUT2D eigenvalue weighted by molar-refractivity contribution is 7.54. The molecule has 1 aliphatic rings. The van der Waals surface area contributed by atoms with E-state index in [0.29, 0.717) is 16.7 Å². The molecule has 176 valence electrons. The van der Waals surface area contributed by atoms with Crippen LogP contribution in [0.3, 0.4) is 0 Å². The highest BCUT2D eigenvalue weighted by atomic mass is 35.5. The van der Waals surface area contributed by atoms with Gasteiger partial charge in [-0.15, -0.1) is 22.9 Å². The summed E-state index contributed by atoms with van der Waals surface area (Å²) in [5.74, 6) is 0.299. The van der Waals surface area contributed by atoms with Crippen LogP contribution in [0, 0.1) is 17.8 Å². The Labute approximate surface area is 193 Å². The van der Waals surface area contributed by atoms with Crippen molar-refractivity contribution < 1.29 is 32.7 Å². The van der Waals surface area contributed by atoms with E-state index in [1.807, 2.05) is 12.1 Å². The van der Waals surface area contributed by atoms with E-state index in [9.17, 15) is 18.9 Å². The molecule has 1 fully saturated rings. The number of rotatable bonds is 10. The van der Waals surface area contributed by atoms with Crippen LogP contribution in [0.5, 0.6) is 0 Å². The molecular weight excluding hydrogens is 463 g/mol. The molecule has 31 heavy (non-hydrogen) atoms. The topological polar surface area (TPSA) is 96.0 Å². The van der Waals surface area contributed by atoms with Gasteiger partial charge >= 0.3 is 13.6 Å². The van der Waals surface area contributed by atoms with Crippen molar-refractivity contribution >= 4 is 48.6 Å². The van der Waals surface area contributed by atoms with E-state index in [-0.39, 0.29) is 29.2 Å². The fourth-order valence-corrected chi connectivity index (χ4v) is 6.16. The summed E-state index contributed by atoms with van der Waals surface area (Å²) in [5, 5.41) is 0.115. The number of hydrogen-bond donors (Lipinski definition) is 0. The third-order valence-corrected chi connectivity index (χ3v) is 8.92. The zero-order chi connectivity index (χ0) is 23.6. The summed E-state index contributed by atoms with van der Waals surface area (Å²) >= 11 is 7.85. The predicted molar refractivity (Wildman–Crippen MR) is 122 cm³/mol. The second-order valence-corrected chi connectivity index (χ2v) is 11.6. The van der Waals surface area contributed by atoms with Crippen LogP contribution in [0.25, 0.3) is 0 Å². The minimum absolute atomic E-state index is 0.0986. The Morgan fingerprint density at radius 3 is 2.39 bits per heavy atom. The number of ketones is 1. The summed E-state index contributed by atoms with van der Waals surface area (Å²) in [6, 6.07) is 3.78. The summed E-state index contributed by atoms with van der Waals surface area (Å²) in [6.45, 7) is 3.45. The van der Waals surface area contributed by atoms with Crippen LogP contribution in [-0.4, -0.2) is 50.9 Å². The lowest BCUT2D eigenvalue weighted by molar-refractivity contribution is -0.115. The molecule has 0 unspecified atom stereocenters. The van der Waals surface area contributed by atoms with E-state index in [2.05, 4.69) is 16.0 Å². The standard InChI is InChI=1S/C16H21ClO3S.C5H11O4P/c1-10-8-14(17)12(13(10)9-18)5-3-4-11-6-7-15(21-11)16(19)20-2;1-5(6)4-10(7,8-2)9-3/h6-7,9-10,12-14H,3-5,8H2,1-2H3;4H2,1-3H3/t10-,12-,13+,14-;/m1./s1. The first-order valence-corrected chi connectivity index (χ1v) is 13.0. The quantitative estimate of drug-likeness (QED) is 0.195. The first-order valence-electron chi connectivity index (χ1n) is 10.1. The Morgan fingerprint density at radius 2 is 1.90 bits per heavy atom. The number of thiophene rings is 1. The zero-order valence-electron chi connectivity index (χ0n) is 18.7. The molecule has 1 heterocycles. The minimum Gasteiger partial charge on any atom is -0.465 e. The molecule has 0 radical (unpaired) electrons. The number of halogens is 1. The number of carbonyl (C=O) groups is 3. The molecule has 0 saturated heterocycles. The van der Waals surface area contributed by atoms with Crippen LogP contribution in [-0.2, 0) is 34.4 Å². The van der Waals surface area contributed by atoms with Crippen molar-refractivity contribution in [3.63, 3.8) is 0 Å². The highest BCUT2D eigenvalue weighted by Gasteiger charge is 2.39. The molecule has 1 saturated carbocycles. The number of methoxy groups -OCH3 is 1. The second kappa shape index (κ2) is 13.5. The molecule has 0 aliphatic heterocycles. The number of aldehydes is 1. The molecule has 0 aromatic carbocycles. The predicted octanol–water partition coefficient (Wildman–Crippen LogP) is 5.00. The smallest absolute Gasteiger partial charge is 0.348 e. The van der Waals surface area contributed by atoms with Crippen molar-refractivity contribution in [2.45, 2.75) is 44.9 Å². The number of esters is 1. The van der Waals surface area contributed by atoms with Gasteiger partial charge in [-0.1, -0.05) is 6.92 Å². The maximum absolute atomic E-state index is 11.4. The summed E-state index contributed by atoms with van der Waals surface area (Å²) < 4.78 is 24.8. The van der Waals surface area contributed by atoms with Crippen LogP contribution in [0.4, 0.5) is 0 Å². The van der Waals surface area contributed by atoms with Crippen molar-refractivity contribution in [2.75, 3.05) is 27.5 Å². The Bertz CT molecular complexity index is 774. The molecule has 1 aromatic heterocycles. The maximum Gasteiger partial charge on any atom is 0.348 e. The van der Waals surface area contributed by atoms with E-state index in [0.717, 1.165) is 32.0 Å². The van der Waals surface area contributed by atoms with Crippen molar-refractivity contribution in [2.24, 2.45) is 17.8 Å². The lowest BCUT2D eigenvalue weighted by Gasteiger charge is -2.18. The van der Waals surface area contributed by atoms with Gasteiger partial charge in [0.2, 0.25) is 0 Å². The first kappa shape index (κ1) is 28.0. The molecule has 7 nitrogen and oxygen atoms in total. The molecule has 0 bridgehead atoms. The molecule has 0 spiro atoms. The Hall–Kier alpha value is -1.05. The van der Waals surface area contributed by atoms with E-state index in [1.54, 1.807) is 0 Å². The van der Waals surface area contributed by atoms with E-state index >= 15 is 0 Å². The SMILES string of the molecule is COC(=O)c1ccc(CCC[C@@H]2[C@@H](C=O)[C@H](C)C[C@H]2Cl)s1.COP(=O)(CC(C)=O)OC. The molecule has 1 aliphatic carbocycles. The average molecular weight is 495 g/mol. The van der Waals surface area contributed by atoms with Gasteiger partial charge in [0.05, 0.1) is 7.11 Å². The molecular formula is C21H32ClO7PS. The third kappa shape index (κ3) is 8.78. The normalized spacial score (nSPS) is 23.0. The number of carbonyl (C=O) groups excluding carboxylic acids is 3. The van der Waals surface area contributed by atoms with Crippen LogP contribution in [0.15, 0.2) is 12.1 Å². The van der Waals surface area contributed by atoms with Gasteiger partial charge in [0.25, 0.3) is 0 Å². The lowest BCUT2D eigenvalue weighted by Crippen LogP contribution is -2.18. The van der Waals surface area contributed by atoms with E-state index in [1.165, 1.54) is 44.5 Å². The molecule has 4 atom stereocenters. The van der Waals surface area contributed by atoms with E-state index in [4.69, 9.17) is 16.3 Å². The van der Waals surface area contributed by atoms with Crippen molar-refractivity contribution in [3.8, 4) is 0 Å². The van der Waals surface area contributed by atoms with Crippen LogP contribution >= 0.6 is 30.5 Å². The molecule has 2 rings (SSSR count). The number of ether oxygens (including phenoxy) is 1. The summed E-state index contributed by atoms with van der Waals surface area (Å²) in [6.07, 6.45) is 4.74. The van der Waals surface area contributed by atoms with Gasteiger partial charge in [0.15, 0.2) is 0 Å². The molecule has 1 aromatic rings. The number of Topliss-reactive ketones (excluding diaryl/α,β-unsaturated/α-hetero) is 1. The van der Waals surface area contributed by atoms with Gasteiger partial charge in [0, 0.05) is 30.4 Å². The van der Waals surface area contributed by atoms with Crippen molar-refractivity contribution in [3.05, 3.63) is 21.9 Å². The Balaban J connectivity index is 0.000000407. The Morgan fingerprint density at radius 1 is 1.26 bits per heavy atom. The van der Waals surface area contributed by atoms with Gasteiger partial charge in [-0.05, 0) is 56.6 Å². The Kier molecular flexibility index (Phi) is 12.2. The summed E-state index contributed by atoms with van der Waals surface area (Å²) in [7, 11) is 0.820. The highest BCUT2D eigenvalue weighted by Crippen LogP contribution is 2.45. The lowest BCUT2D eigenvalue weighted by atomic mass is 9.88. The molecule has 0 N–H and O–H groups in total. The second-order valence-electron chi connectivity index (χ2n) is 7.59. The zero-order valence-corrected chi connectivity index (χ0v) is 21.1. The molecule has 10 heteroatoms. The number of hydrogen-bond acceptors (Lipinski definition) is 8. The fourth-order valence-electron chi connectivity index (χ4n) is 3.67. The van der Waals surface area contributed by atoms with Gasteiger partial charge in [-0.2, -0.15) is 0 Å². The summed E-state index contributed by atoms with van der Waals surface area (Å²) in [5.41, 5.74) is 0. The monoisotopic (exact) mass is 494 g/mol. The van der Waals surface area contributed by atoms with Gasteiger partial charge < -0.3 is 18.6 Å². The van der Waals surface area contributed by atoms with Gasteiger partial charge in [-0.25, -0.2) is 4.79 Å². The van der Waals surface area contributed by atoms with E-state index < -0.39 is 7.60 Å². The average Bonchev–Trinajstić information content (AvgIpc) is 3.31. The van der Waals surface area contributed by atoms with Crippen LogP contribution in [0.2, 0.25) is 0 Å². The maximum atomic E-state index is 11.4.